The van der Waals surface area contributed by atoms with Crippen molar-refractivity contribution in [2.24, 2.45) is 7.05 Å². The lowest BCUT2D eigenvalue weighted by Crippen LogP contribution is -1.85. The number of ether oxygens (including phenoxy) is 1. The van der Waals surface area contributed by atoms with Crippen LogP contribution in [0.25, 0.3) is 10.9 Å². The summed E-state index contributed by atoms with van der Waals surface area (Å²) in [5.41, 5.74) is 3.82. The van der Waals surface area contributed by atoms with E-state index in [1.165, 1.54) is 22.0 Å². The Balaban J connectivity index is 2.66. The van der Waals surface area contributed by atoms with E-state index in [1.54, 1.807) is 7.11 Å². The van der Waals surface area contributed by atoms with E-state index >= 15 is 0 Å². The van der Waals surface area contributed by atoms with Gasteiger partial charge in [0.1, 0.15) is 0 Å². The highest BCUT2D eigenvalue weighted by Crippen LogP contribution is 2.22. The topological polar surface area (TPSA) is 14.2 Å². The third-order valence-corrected chi connectivity index (χ3v) is 2.53. The van der Waals surface area contributed by atoms with Crippen molar-refractivity contribution in [3.8, 4) is 0 Å². The summed E-state index contributed by atoms with van der Waals surface area (Å²) in [5, 5.41) is 1.30. The number of benzene rings is 1. The highest BCUT2D eigenvalue weighted by atomic mass is 16.5. The quantitative estimate of drug-likeness (QED) is 0.708. The standard InChI is InChI=1S/C12H15NO/c1-9-4-5-12-11(6-9)10(8-14-3)7-13(12)2/h4-7H,8H2,1-3H3. The Morgan fingerprint density at radius 2 is 2.14 bits per heavy atom. The van der Waals surface area contributed by atoms with Gasteiger partial charge in [0.2, 0.25) is 0 Å². The van der Waals surface area contributed by atoms with Crippen LogP contribution in [0.4, 0.5) is 0 Å². The molecule has 1 aromatic carbocycles. The SMILES string of the molecule is COCc1cn(C)c2ccc(C)cc12. The lowest BCUT2D eigenvalue weighted by atomic mass is 10.1. The summed E-state index contributed by atoms with van der Waals surface area (Å²) in [6.45, 7) is 2.80. The predicted molar refractivity (Wildman–Crippen MR) is 58.4 cm³/mol. The van der Waals surface area contributed by atoms with Crippen LogP contribution in [-0.4, -0.2) is 11.7 Å². The number of nitrogens with zero attached hydrogens (tertiary/aromatic N) is 1. The first-order valence-electron chi connectivity index (χ1n) is 4.76. The molecule has 0 saturated carbocycles. The van der Waals surface area contributed by atoms with E-state index in [9.17, 15) is 0 Å². The molecule has 0 bridgehead atoms. The predicted octanol–water partition coefficient (Wildman–Crippen LogP) is 2.63. The summed E-state index contributed by atoms with van der Waals surface area (Å²) >= 11 is 0. The van der Waals surface area contributed by atoms with E-state index in [4.69, 9.17) is 4.74 Å². The third-order valence-electron chi connectivity index (χ3n) is 2.53. The average molecular weight is 189 g/mol. The van der Waals surface area contributed by atoms with Gasteiger partial charge in [-0.3, -0.25) is 0 Å². The third kappa shape index (κ3) is 1.42. The number of fused-ring (bicyclic) bond motifs is 1. The van der Waals surface area contributed by atoms with E-state index in [1.807, 2.05) is 0 Å². The highest BCUT2D eigenvalue weighted by Gasteiger charge is 2.05. The molecule has 0 unspecified atom stereocenters. The molecule has 0 fully saturated rings. The zero-order chi connectivity index (χ0) is 10.1. The van der Waals surface area contributed by atoms with Gasteiger partial charge >= 0.3 is 0 Å². The minimum Gasteiger partial charge on any atom is -0.380 e. The largest absolute Gasteiger partial charge is 0.380 e. The van der Waals surface area contributed by atoms with Crippen LogP contribution < -0.4 is 0 Å². The molecule has 2 heteroatoms. The lowest BCUT2D eigenvalue weighted by Gasteiger charge is -1.98. The van der Waals surface area contributed by atoms with Crippen molar-refractivity contribution in [3.63, 3.8) is 0 Å². The second-order valence-electron chi connectivity index (χ2n) is 3.72. The summed E-state index contributed by atoms with van der Waals surface area (Å²) < 4.78 is 7.32. The number of aromatic nitrogens is 1. The van der Waals surface area contributed by atoms with Crippen molar-refractivity contribution >= 4 is 10.9 Å². The first-order chi connectivity index (χ1) is 6.72. The van der Waals surface area contributed by atoms with E-state index in [-0.39, 0.29) is 0 Å². The Bertz CT molecular complexity index is 457. The normalized spacial score (nSPS) is 11.1. The molecule has 0 spiro atoms. The molecule has 1 aromatic heterocycles. The van der Waals surface area contributed by atoms with Crippen LogP contribution in [0.1, 0.15) is 11.1 Å². The number of hydrogen-bond acceptors (Lipinski definition) is 1. The van der Waals surface area contributed by atoms with Gasteiger partial charge in [-0.2, -0.15) is 0 Å². The highest BCUT2D eigenvalue weighted by molar-refractivity contribution is 5.84. The molecule has 2 nitrogen and oxygen atoms in total. The Labute approximate surface area is 84.1 Å². The van der Waals surface area contributed by atoms with Crippen molar-refractivity contribution in [2.45, 2.75) is 13.5 Å². The molecule has 0 N–H and O–H groups in total. The van der Waals surface area contributed by atoms with E-state index < -0.39 is 0 Å². The fraction of sp³-hybridized carbons (Fsp3) is 0.333. The minimum absolute atomic E-state index is 0.681. The fourth-order valence-corrected chi connectivity index (χ4v) is 1.86. The molecule has 2 aromatic rings. The maximum atomic E-state index is 5.18. The van der Waals surface area contributed by atoms with Crippen LogP contribution >= 0.6 is 0 Å². The molecule has 0 atom stereocenters. The molecule has 0 radical (unpaired) electrons. The van der Waals surface area contributed by atoms with Crippen LogP contribution in [0, 0.1) is 6.92 Å². The van der Waals surface area contributed by atoms with Gasteiger partial charge in [-0.15, -0.1) is 0 Å². The van der Waals surface area contributed by atoms with Gasteiger partial charge in [0.15, 0.2) is 0 Å². The molecule has 74 valence electrons. The molecule has 0 saturated heterocycles. The van der Waals surface area contributed by atoms with Crippen LogP contribution in [0.2, 0.25) is 0 Å². The van der Waals surface area contributed by atoms with E-state index in [0.29, 0.717) is 6.61 Å². The summed E-state index contributed by atoms with van der Waals surface area (Å²) in [5.74, 6) is 0. The first kappa shape index (κ1) is 9.28. The Morgan fingerprint density at radius 1 is 1.36 bits per heavy atom. The molecule has 14 heavy (non-hydrogen) atoms. The molecular formula is C12H15NO. The van der Waals surface area contributed by atoms with Crippen LogP contribution in [0.3, 0.4) is 0 Å². The Morgan fingerprint density at radius 3 is 2.86 bits per heavy atom. The Hall–Kier alpha value is -1.28. The average Bonchev–Trinajstić information content (AvgIpc) is 2.44. The second kappa shape index (κ2) is 3.46. The lowest BCUT2D eigenvalue weighted by molar-refractivity contribution is 0.186. The smallest absolute Gasteiger partial charge is 0.0733 e. The first-order valence-corrected chi connectivity index (χ1v) is 4.76. The van der Waals surface area contributed by atoms with E-state index in [2.05, 4.69) is 42.9 Å². The number of methoxy groups -OCH3 is 1. The summed E-state index contributed by atoms with van der Waals surface area (Å²) in [7, 11) is 3.80. The zero-order valence-electron chi connectivity index (χ0n) is 8.87. The minimum atomic E-state index is 0.681. The molecule has 0 aliphatic heterocycles. The Kier molecular flexibility index (Phi) is 2.30. The fourth-order valence-electron chi connectivity index (χ4n) is 1.86. The number of aryl methyl sites for hydroxylation is 2. The summed E-state index contributed by atoms with van der Waals surface area (Å²) in [6.07, 6.45) is 2.13. The maximum absolute atomic E-state index is 5.18. The van der Waals surface area contributed by atoms with Gasteiger partial charge < -0.3 is 9.30 Å². The van der Waals surface area contributed by atoms with Crippen molar-refractivity contribution in [1.29, 1.82) is 0 Å². The van der Waals surface area contributed by atoms with E-state index in [0.717, 1.165) is 0 Å². The van der Waals surface area contributed by atoms with Gasteiger partial charge in [-0.25, -0.2) is 0 Å². The van der Waals surface area contributed by atoms with Crippen molar-refractivity contribution in [1.82, 2.24) is 4.57 Å². The summed E-state index contributed by atoms with van der Waals surface area (Å²) in [4.78, 5) is 0. The van der Waals surface area contributed by atoms with Gasteiger partial charge in [0.25, 0.3) is 0 Å². The van der Waals surface area contributed by atoms with Crippen molar-refractivity contribution in [2.75, 3.05) is 7.11 Å². The molecule has 0 amide bonds. The number of rotatable bonds is 2. The van der Waals surface area contributed by atoms with Crippen molar-refractivity contribution in [3.05, 3.63) is 35.5 Å². The molecule has 0 aliphatic rings. The molecule has 2 rings (SSSR count). The van der Waals surface area contributed by atoms with Crippen LogP contribution in [0.15, 0.2) is 24.4 Å². The molecule has 0 aliphatic carbocycles. The molecular weight excluding hydrogens is 174 g/mol. The van der Waals surface area contributed by atoms with Gasteiger partial charge in [-0.1, -0.05) is 11.6 Å². The van der Waals surface area contributed by atoms with Gasteiger partial charge in [0, 0.05) is 36.8 Å². The van der Waals surface area contributed by atoms with Gasteiger partial charge in [-0.05, 0) is 19.1 Å². The second-order valence-corrected chi connectivity index (χ2v) is 3.72. The van der Waals surface area contributed by atoms with Crippen LogP contribution in [-0.2, 0) is 18.4 Å². The van der Waals surface area contributed by atoms with Crippen molar-refractivity contribution < 1.29 is 4.74 Å². The summed E-state index contributed by atoms with van der Waals surface area (Å²) in [6, 6.07) is 6.51. The van der Waals surface area contributed by atoms with Crippen LogP contribution in [0.5, 0.6) is 0 Å². The zero-order valence-corrected chi connectivity index (χ0v) is 8.87. The maximum Gasteiger partial charge on any atom is 0.0733 e. The van der Waals surface area contributed by atoms with Gasteiger partial charge in [0.05, 0.1) is 6.61 Å². The monoisotopic (exact) mass is 189 g/mol. The number of hydrogen-bond donors (Lipinski definition) is 0. The molecule has 1 heterocycles.